The Morgan fingerprint density at radius 1 is 1.32 bits per heavy atom. The summed E-state index contributed by atoms with van der Waals surface area (Å²) in [5.74, 6) is -2.52. The number of halogens is 2. The van der Waals surface area contributed by atoms with Gasteiger partial charge in [0.2, 0.25) is 5.60 Å². The molecule has 0 aliphatic carbocycles. The maximum Gasteiger partial charge on any atom is 0.422 e. The van der Waals surface area contributed by atoms with E-state index < -0.39 is 29.2 Å². The van der Waals surface area contributed by atoms with Gasteiger partial charge in [0.05, 0.1) is 5.69 Å². The fourth-order valence-electron chi connectivity index (χ4n) is 3.08. The lowest BCUT2D eigenvalue weighted by molar-refractivity contribution is -0.139. The third-order valence-electron chi connectivity index (χ3n) is 4.41. The minimum Gasteiger partial charge on any atom is -0.430 e. The van der Waals surface area contributed by atoms with Crippen LogP contribution in [0.3, 0.4) is 0 Å². The van der Waals surface area contributed by atoms with Crippen molar-refractivity contribution < 1.29 is 23.1 Å². The van der Waals surface area contributed by atoms with Gasteiger partial charge in [-0.2, -0.15) is 0 Å². The van der Waals surface area contributed by atoms with Crippen LogP contribution in [0.1, 0.15) is 13.3 Å². The van der Waals surface area contributed by atoms with Crippen LogP contribution < -0.4 is 4.90 Å². The predicted octanol–water partition coefficient (Wildman–Crippen LogP) is 2.16. The zero-order chi connectivity index (χ0) is 16.1. The molecule has 0 aromatic heterocycles. The summed E-state index contributed by atoms with van der Waals surface area (Å²) in [6.45, 7) is 2.89. The Labute approximate surface area is 126 Å². The van der Waals surface area contributed by atoms with Gasteiger partial charge in [-0.25, -0.2) is 18.5 Å². The Balaban J connectivity index is 2.01. The largest absolute Gasteiger partial charge is 0.430 e. The van der Waals surface area contributed by atoms with Crippen LogP contribution >= 0.6 is 0 Å². The second-order valence-corrected chi connectivity index (χ2v) is 5.92. The van der Waals surface area contributed by atoms with Gasteiger partial charge in [0.15, 0.2) is 0 Å². The van der Waals surface area contributed by atoms with Crippen molar-refractivity contribution in [1.82, 2.24) is 4.90 Å². The van der Waals surface area contributed by atoms with Gasteiger partial charge in [-0.15, -0.1) is 0 Å². The highest BCUT2D eigenvalue weighted by Crippen LogP contribution is 2.39. The summed E-state index contributed by atoms with van der Waals surface area (Å²) in [6.07, 6.45) is -0.229. The number of piperidine rings is 1. The highest BCUT2D eigenvalue weighted by atomic mass is 19.1. The number of carbonyl (C=O) groups is 2. The van der Waals surface area contributed by atoms with E-state index in [4.69, 9.17) is 4.74 Å². The van der Waals surface area contributed by atoms with E-state index in [-0.39, 0.29) is 18.2 Å². The van der Waals surface area contributed by atoms with Crippen LogP contribution in [-0.2, 0) is 9.53 Å². The summed E-state index contributed by atoms with van der Waals surface area (Å²) in [4.78, 5) is 27.5. The zero-order valence-electron chi connectivity index (χ0n) is 12.3. The smallest absolute Gasteiger partial charge is 0.422 e. The van der Waals surface area contributed by atoms with Crippen LogP contribution in [0.25, 0.3) is 0 Å². The monoisotopic (exact) mass is 310 g/mol. The molecule has 1 aromatic carbocycles. The zero-order valence-corrected chi connectivity index (χ0v) is 12.3. The van der Waals surface area contributed by atoms with E-state index >= 15 is 0 Å². The molecule has 1 aromatic rings. The van der Waals surface area contributed by atoms with Gasteiger partial charge in [-0.3, -0.25) is 4.79 Å². The van der Waals surface area contributed by atoms with Crippen LogP contribution in [0.5, 0.6) is 0 Å². The first kappa shape index (κ1) is 14.9. The summed E-state index contributed by atoms with van der Waals surface area (Å²) in [5.41, 5.74) is -1.58. The molecule has 0 N–H and O–H groups in total. The Morgan fingerprint density at radius 2 is 2.05 bits per heavy atom. The lowest BCUT2D eigenvalue weighted by Crippen LogP contribution is -2.57. The molecule has 7 heteroatoms. The third-order valence-corrected chi connectivity index (χ3v) is 4.41. The summed E-state index contributed by atoms with van der Waals surface area (Å²) >= 11 is 0. The van der Waals surface area contributed by atoms with E-state index in [0.717, 1.165) is 18.7 Å². The number of hydrogen-bond donors (Lipinski definition) is 0. The van der Waals surface area contributed by atoms with Gasteiger partial charge in [-0.1, -0.05) is 6.92 Å². The second kappa shape index (κ2) is 5.01. The number of likely N-dealkylation sites (N-methyl/N-ethyl adjacent to an activating group) is 1. The molecule has 22 heavy (non-hydrogen) atoms. The van der Waals surface area contributed by atoms with E-state index in [1.165, 1.54) is 0 Å². The molecule has 2 atom stereocenters. The summed E-state index contributed by atoms with van der Waals surface area (Å²) in [5, 5.41) is 0. The molecule has 2 heterocycles. The van der Waals surface area contributed by atoms with Crippen molar-refractivity contribution in [2.45, 2.75) is 18.9 Å². The summed E-state index contributed by atoms with van der Waals surface area (Å²) in [6, 6.07) is 2.71. The van der Waals surface area contributed by atoms with Crippen molar-refractivity contribution in [3.63, 3.8) is 0 Å². The molecule has 5 nitrogen and oxygen atoms in total. The highest BCUT2D eigenvalue weighted by Gasteiger charge is 2.59. The van der Waals surface area contributed by atoms with Gasteiger partial charge in [-0.05, 0) is 32.1 Å². The Kier molecular flexibility index (Phi) is 3.40. The quantitative estimate of drug-likeness (QED) is 0.797. The average molecular weight is 310 g/mol. The molecular weight excluding hydrogens is 294 g/mol. The molecule has 2 aliphatic rings. The van der Waals surface area contributed by atoms with E-state index in [9.17, 15) is 18.4 Å². The van der Waals surface area contributed by atoms with Gasteiger partial charge in [0, 0.05) is 18.5 Å². The van der Waals surface area contributed by atoms with Crippen LogP contribution in [-0.4, -0.2) is 42.6 Å². The molecule has 0 bridgehead atoms. The van der Waals surface area contributed by atoms with E-state index in [1.54, 1.807) is 0 Å². The van der Waals surface area contributed by atoms with E-state index in [0.29, 0.717) is 17.4 Å². The first-order valence-corrected chi connectivity index (χ1v) is 7.06. The molecule has 118 valence electrons. The lowest BCUT2D eigenvalue weighted by atomic mass is 9.82. The van der Waals surface area contributed by atoms with Crippen LogP contribution in [0, 0.1) is 17.6 Å². The average Bonchev–Trinajstić information content (AvgIpc) is 2.68. The van der Waals surface area contributed by atoms with Crippen molar-refractivity contribution in [1.29, 1.82) is 0 Å². The molecule has 2 amide bonds. The topological polar surface area (TPSA) is 49.9 Å². The Hall–Kier alpha value is -2.02. The molecule has 2 saturated heterocycles. The molecule has 2 aliphatic heterocycles. The third kappa shape index (κ3) is 2.08. The summed E-state index contributed by atoms with van der Waals surface area (Å²) < 4.78 is 32.3. The molecule has 2 fully saturated rings. The molecular formula is C15H16F2N2O3. The van der Waals surface area contributed by atoms with Crippen LogP contribution in [0.2, 0.25) is 0 Å². The molecule has 0 radical (unpaired) electrons. The number of carbonyl (C=O) groups excluding carboxylic acids is 2. The maximum absolute atomic E-state index is 13.9. The molecule has 0 saturated carbocycles. The van der Waals surface area contributed by atoms with Crippen molar-refractivity contribution in [2.24, 2.45) is 5.92 Å². The predicted molar refractivity (Wildman–Crippen MR) is 74.3 cm³/mol. The number of likely N-dealkylation sites (tertiary alicyclic amines) is 1. The van der Waals surface area contributed by atoms with Gasteiger partial charge >= 0.3 is 6.09 Å². The second-order valence-electron chi connectivity index (χ2n) is 5.92. The first-order valence-electron chi connectivity index (χ1n) is 7.06. The fraction of sp³-hybridized carbons (Fsp3) is 0.467. The van der Waals surface area contributed by atoms with Gasteiger partial charge < -0.3 is 9.64 Å². The van der Waals surface area contributed by atoms with E-state index in [2.05, 4.69) is 0 Å². The van der Waals surface area contributed by atoms with Crippen molar-refractivity contribution >= 4 is 17.7 Å². The fourth-order valence-corrected chi connectivity index (χ4v) is 3.08. The minimum atomic E-state index is -1.30. The van der Waals surface area contributed by atoms with E-state index in [1.807, 2.05) is 18.9 Å². The van der Waals surface area contributed by atoms with Gasteiger partial charge in [0.1, 0.15) is 11.6 Å². The van der Waals surface area contributed by atoms with Crippen LogP contribution in [0.15, 0.2) is 18.2 Å². The number of rotatable bonds is 1. The van der Waals surface area contributed by atoms with Gasteiger partial charge in [0.25, 0.3) is 5.91 Å². The van der Waals surface area contributed by atoms with Crippen LogP contribution in [0.4, 0.5) is 19.3 Å². The lowest BCUT2D eigenvalue weighted by Gasteiger charge is -2.39. The number of nitrogens with zero attached hydrogens (tertiary/aromatic N) is 2. The van der Waals surface area contributed by atoms with Crippen molar-refractivity contribution in [3.05, 3.63) is 29.8 Å². The number of benzene rings is 1. The maximum atomic E-state index is 13.9. The minimum absolute atomic E-state index is 0.173. The van der Waals surface area contributed by atoms with Crippen molar-refractivity contribution in [3.8, 4) is 0 Å². The number of hydrogen-bond acceptors (Lipinski definition) is 4. The van der Waals surface area contributed by atoms with Crippen molar-refractivity contribution in [2.75, 3.05) is 25.0 Å². The number of ether oxygens (including phenoxy) is 1. The highest BCUT2D eigenvalue weighted by molar-refractivity contribution is 6.20. The molecule has 1 spiro atoms. The number of amides is 2. The normalized spacial score (nSPS) is 29.3. The number of imide groups is 1. The Morgan fingerprint density at radius 3 is 2.73 bits per heavy atom. The SMILES string of the molecule is CC1CCN(C)CC12OC(=O)N(c1ccc(F)cc1F)C2=O. The summed E-state index contributed by atoms with van der Waals surface area (Å²) in [7, 11) is 1.83. The first-order chi connectivity index (χ1) is 10.3. The Bertz CT molecular complexity index is 652. The molecule has 2 unspecified atom stereocenters. The molecule has 3 rings (SSSR count). The standard InChI is InChI=1S/C15H16F2N2O3/c1-9-5-6-18(2)8-15(9)13(20)19(14(21)22-15)12-4-3-10(16)7-11(12)17/h3-4,7,9H,5-6,8H2,1-2H3. The number of anilines is 1.